The molecule has 1 saturated carbocycles. The molecule has 0 bridgehead atoms. The second-order valence-corrected chi connectivity index (χ2v) is 5.49. The van der Waals surface area contributed by atoms with Crippen molar-refractivity contribution in [2.75, 3.05) is 19.8 Å². The second kappa shape index (κ2) is 9.25. The fourth-order valence-electron chi connectivity index (χ4n) is 2.44. The van der Waals surface area contributed by atoms with E-state index in [4.69, 9.17) is 0 Å². The Morgan fingerprint density at radius 3 is 2.38 bits per heavy atom. The van der Waals surface area contributed by atoms with Crippen molar-refractivity contribution in [2.45, 2.75) is 63.7 Å². The van der Waals surface area contributed by atoms with Gasteiger partial charge in [-0.25, -0.2) is 0 Å². The molecule has 0 aliphatic heterocycles. The highest BCUT2D eigenvalue weighted by atomic mass is 19.4. The lowest BCUT2D eigenvalue weighted by Gasteiger charge is -2.29. The van der Waals surface area contributed by atoms with Crippen LogP contribution < -0.4 is 10.6 Å². The van der Waals surface area contributed by atoms with E-state index in [1.165, 1.54) is 0 Å². The van der Waals surface area contributed by atoms with Crippen LogP contribution in [-0.4, -0.2) is 43.9 Å². The molecule has 0 radical (unpaired) electrons. The maximum atomic E-state index is 11.8. The van der Waals surface area contributed by atoms with E-state index in [1.54, 1.807) is 0 Å². The van der Waals surface area contributed by atoms with Gasteiger partial charge in [0, 0.05) is 18.5 Å². The van der Waals surface area contributed by atoms with E-state index in [0.29, 0.717) is 6.04 Å². The molecule has 0 spiro atoms. The van der Waals surface area contributed by atoms with Crippen molar-refractivity contribution in [3.8, 4) is 0 Å². The molecule has 2 N–H and O–H groups in total. The van der Waals surface area contributed by atoms with Gasteiger partial charge in [-0.05, 0) is 38.6 Å². The van der Waals surface area contributed by atoms with Gasteiger partial charge >= 0.3 is 6.18 Å². The summed E-state index contributed by atoms with van der Waals surface area (Å²) < 4.78 is 40.0. The van der Waals surface area contributed by atoms with Gasteiger partial charge in [0.05, 0.1) is 6.61 Å². The summed E-state index contributed by atoms with van der Waals surface area (Å²) in [4.78, 5) is 11.6. The lowest BCUT2D eigenvalue weighted by molar-refractivity contribution is -0.174. The maximum absolute atomic E-state index is 11.8. The molecule has 1 aliphatic rings. The van der Waals surface area contributed by atoms with Crippen LogP contribution >= 0.6 is 0 Å². The lowest BCUT2D eigenvalue weighted by Crippen LogP contribution is -2.42. The first kappa shape index (κ1) is 18.2. The summed E-state index contributed by atoms with van der Waals surface area (Å²) in [7, 11) is 0. The number of ether oxygens (including phenoxy) is 1. The molecule has 0 atom stereocenters. The predicted molar refractivity (Wildman–Crippen MR) is 74.0 cm³/mol. The maximum Gasteiger partial charge on any atom is 0.411 e. The molecule has 0 unspecified atom stereocenters. The van der Waals surface area contributed by atoms with Gasteiger partial charge in [0.2, 0.25) is 5.91 Å². The van der Waals surface area contributed by atoms with Crippen LogP contribution in [0, 0.1) is 0 Å². The SMILES string of the molecule is CCCNC1CCC(NC(=O)CCOCC(F)(F)F)CC1. The van der Waals surface area contributed by atoms with Crippen LogP contribution in [0.2, 0.25) is 0 Å². The molecule has 0 saturated heterocycles. The summed E-state index contributed by atoms with van der Waals surface area (Å²) in [6, 6.07) is 0.660. The molecule has 7 heteroatoms. The molecule has 21 heavy (non-hydrogen) atoms. The number of rotatable bonds is 8. The van der Waals surface area contributed by atoms with E-state index in [9.17, 15) is 18.0 Å². The Hall–Kier alpha value is -0.820. The molecule has 0 aromatic rings. The topological polar surface area (TPSA) is 50.4 Å². The van der Waals surface area contributed by atoms with Gasteiger partial charge < -0.3 is 15.4 Å². The van der Waals surface area contributed by atoms with E-state index in [1.807, 2.05) is 0 Å². The third-order valence-corrected chi connectivity index (χ3v) is 3.51. The van der Waals surface area contributed by atoms with Crippen molar-refractivity contribution in [2.24, 2.45) is 0 Å². The summed E-state index contributed by atoms with van der Waals surface area (Å²) in [6.45, 7) is 1.64. The molecule has 0 aromatic carbocycles. The average Bonchev–Trinajstić information content (AvgIpc) is 2.42. The molecule has 1 rings (SSSR count). The van der Waals surface area contributed by atoms with Crippen LogP contribution in [0.3, 0.4) is 0 Å². The number of nitrogens with one attached hydrogen (secondary N) is 2. The summed E-state index contributed by atoms with van der Waals surface area (Å²) in [5, 5.41) is 6.33. The first-order valence-electron chi connectivity index (χ1n) is 7.58. The summed E-state index contributed by atoms with van der Waals surface area (Å²) in [5.41, 5.74) is 0. The van der Waals surface area contributed by atoms with Crippen molar-refractivity contribution < 1.29 is 22.7 Å². The number of carbonyl (C=O) groups is 1. The van der Waals surface area contributed by atoms with Gasteiger partial charge in [0.25, 0.3) is 0 Å². The van der Waals surface area contributed by atoms with Crippen molar-refractivity contribution in [3.05, 3.63) is 0 Å². The molecule has 1 aliphatic carbocycles. The van der Waals surface area contributed by atoms with Crippen LogP contribution in [0.25, 0.3) is 0 Å². The fraction of sp³-hybridized carbons (Fsp3) is 0.929. The Bertz CT molecular complexity index is 303. The monoisotopic (exact) mass is 310 g/mol. The van der Waals surface area contributed by atoms with Crippen LogP contribution in [-0.2, 0) is 9.53 Å². The number of halogens is 3. The Morgan fingerprint density at radius 1 is 1.19 bits per heavy atom. The van der Waals surface area contributed by atoms with E-state index in [2.05, 4.69) is 22.3 Å². The molecule has 1 fully saturated rings. The normalized spacial score (nSPS) is 23.0. The van der Waals surface area contributed by atoms with Crippen LogP contribution in [0.1, 0.15) is 45.4 Å². The standard InChI is InChI=1S/C14H25F3N2O2/c1-2-8-18-11-3-5-12(6-4-11)19-13(20)7-9-21-10-14(15,16)17/h11-12,18H,2-10H2,1H3,(H,19,20). The van der Waals surface area contributed by atoms with Gasteiger partial charge in [0.1, 0.15) is 6.61 Å². The number of carbonyl (C=O) groups excluding carboxylic acids is 1. The largest absolute Gasteiger partial charge is 0.411 e. The highest BCUT2D eigenvalue weighted by molar-refractivity contribution is 5.76. The first-order chi connectivity index (χ1) is 9.90. The molecular formula is C14H25F3N2O2. The Balaban J connectivity index is 2.08. The van der Waals surface area contributed by atoms with E-state index < -0.39 is 12.8 Å². The van der Waals surface area contributed by atoms with Crippen molar-refractivity contribution in [3.63, 3.8) is 0 Å². The minimum absolute atomic E-state index is 0.0237. The third-order valence-electron chi connectivity index (χ3n) is 3.51. The second-order valence-electron chi connectivity index (χ2n) is 5.49. The predicted octanol–water partition coefficient (Wildman–Crippen LogP) is 2.38. The zero-order valence-corrected chi connectivity index (χ0v) is 12.5. The van der Waals surface area contributed by atoms with Gasteiger partial charge in [0.15, 0.2) is 0 Å². The zero-order chi connectivity index (χ0) is 15.7. The molecule has 1 amide bonds. The molecule has 4 nitrogen and oxygen atoms in total. The summed E-state index contributed by atoms with van der Waals surface area (Å²) in [6.07, 6.45) is 0.622. The highest BCUT2D eigenvalue weighted by Crippen LogP contribution is 2.19. The third kappa shape index (κ3) is 8.93. The van der Waals surface area contributed by atoms with Crippen molar-refractivity contribution >= 4 is 5.91 Å². The summed E-state index contributed by atoms with van der Waals surface area (Å²) in [5.74, 6) is -0.234. The molecule has 0 heterocycles. The number of hydrogen-bond acceptors (Lipinski definition) is 3. The van der Waals surface area contributed by atoms with Crippen molar-refractivity contribution in [1.29, 1.82) is 0 Å². The number of alkyl halides is 3. The van der Waals surface area contributed by atoms with Crippen LogP contribution in [0.5, 0.6) is 0 Å². The van der Waals surface area contributed by atoms with Gasteiger partial charge in [-0.2, -0.15) is 13.2 Å². The smallest absolute Gasteiger partial charge is 0.372 e. The Kier molecular flexibility index (Phi) is 8.03. The van der Waals surface area contributed by atoms with E-state index >= 15 is 0 Å². The van der Waals surface area contributed by atoms with Gasteiger partial charge in [-0.1, -0.05) is 6.92 Å². The van der Waals surface area contributed by atoms with Gasteiger partial charge in [-0.15, -0.1) is 0 Å². The number of amides is 1. The fourth-order valence-corrected chi connectivity index (χ4v) is 2.44. The Labute approximate surface area is 123 Å². The quantitative estimate of drug-likeness (QED) is 0.677. The highest BCUT2D eigenvalue weighted by Gasteiger charge is 2.27. The molecule has 124 valence electrons. The lowest BCUT2D eigenvalue weighted by atomic mass is 9.91. The first-order valence-corrected chi connectivity index (χ1v) is 7.58. The van der Waals surface area contributed by atoms with Crippen molar-refractivity contribution in [1.82, 2.24) is 10.6 Å². The summed E-state index contributed by atoms with van der Waals surface area (Å²) >= 11 is 0. The Morgan fingerprint density at radius 2 is 1.81 bits per heavy atom. The zero-order valence-electron chi connectivity index (χ0n) is 12.5. The minimum Gasteiger partial charge on any atom is -0.372 e. The minimum atomic E-state index is -4.33. The number of hydrogen-bond donors (Lipinski definition) is 2. The average molecular weight is 310 g/mol. The van der Waals surface area contributed by atoms with E-state index in [0.717, 1.165) is 38.6 Å². The molecular weight excluding hydrogens is 285 g/mol. The van der Waals surface area contributed by atoms with E-state index in [-0.39, 0.29) is 25.0 Å². The van der Waals surface area contributed by atoms with Crippen LogP contribution in [0.15, 0.2) is 0 Å². The van der Waals surface area contributed by atoms with Crippen LogP contribution in [0.4, 0.5) is 13.2 Å². The molecule has 0 aromatic heterocycles. The van der Waals surface area contributed by atoms with Gasteiger partial charge in [-0.3, -0.25) is 4.79 Å².